The number of ether oxygens (including phenoxy) is 2. The lowest BCUT2D eigenvalue weighted by atomic mass is 10.1. The summed E-state index contributed by atoms with van der Waals surface area (Å²) < 4.78 is 9.71. The Morgan fingerprint density at radius 2 is 1.17 bits per heavy atom. The van der Waals surface area contributed by atoms with Gasteiger partial charge in [-0.2, -0.15) is 0 Å². The first kappa shape index (κ1) is 19.1. The van der Waals surface area contributed by atoms with E-state index >= 15 is 0 Å². The highest BCUT2D eigenvalue weighted by Crippen LogP contribution is 2.15. The van der Waals surface area contributed by atoms with Gasteiger partial charge >= 0.3 is 23.9 Å². The van der Waals surface area contributed by atoms with Gasteiger partial charge in [0.05, 0.1) is 11.1 Å². The van der Waals surface area contributed by atoms with Crippen LogP contribution in [0.1, 0.15) is 47.4 Å². The van der Waals surface area contributed by atoms with Crippen molar-refractivity contribution in [1.82, 2.24) is 0 Å². The second-order valence-corrected chi connectivity index (χ2v) is 4.83. The second-order valence-electron chi connectivity index (χ2n) is 4.83. The van der Waals surface area contributed by atoms with Gasteiger partial charge < -0.3 is 19.7 Å². The van der Waals surface area contributed by atoms with E-state index in [4.69, 9.17) is 19.7 Å². The molecule has 0 saturated carbocycles. The van der Waals surface area contributed by atoms with Crippen LogP contribution in [0.2, 0.25) is 0 Å². The number of hydrogen-bond acceptors (Lipinski definition) is 6. The van der Waals surface area contributed by atoms with E-state index < -0.39 is 36.1 Å². The van der Waals surface area contributed by atoms with Crippen molar-refractivity contribution in [2.45, 2.75) is 38.9 Å². The molecule has 0 amide bonds. The summed E-state index contributed by atoms with van der Waals surface area (Å²) in [5.74, 6) is -4.61. The van der Waals surface area contributed by atoms with E-state index in [2.05, 4.69) is 0 Å². The van der Waals surface area contributed by atoms with Crippen LogP contribution in [0.5, 0.6) is 0 Å². The Balaban J connectivity index is 3.03. The lowest BCUT2D eigenvalue weighted by molar-refractivity contribution is -0.148. The molecule has 1 aromatic carbocycles. The minimum Gasteiger partial charge on any atom is -0.479 e. The van der Waals surface area contributed by atoms with Gasteiger partial charge in [-0.15, -0.1) is 0 Å². The van der Waals surface area contributed by atoms with E-state index in [1.807, 2.05) is 0 Å². The average molecular weight is 338 g/mol. The highest BCUT2D eigenvalue weighted by molar-refractivity contribution is 6.04. The van der Waals surface area contributed by atoms with Crippen LogP contribution >= 0.6 is 0 Å². The van der Waals surface area contributed by atoms with Gasteiger partial charge in [-0.05, 0) is 25.0 Å². The Morgan fingerprint density at radius 1 is 0.833 bits per heavy atom. The van der Waals surface area contributed by atoms with Crippen LogP contribution in [0.4, 0.5) is 0 Å². The normalized spacial score (nSPS) is 12.8. The van der Waals surface area contributed by atoms with Gasteiger partial charge in [0, 0.05) is 0 Å². The number of hydrogen-bond donors (Lipinski definition) is 2. The monoisotopic (exact) mass is 338 g/mol. The number of carboxylic acids is 2. The lowest BCUT2D eigenvalue weighted by Gasteiger charge is -2.15. The summed E-state index contributed by atoms with van der Waals surface area (Å²) in [6, 6.07) is 5.47. The number of rotatable bonds is 8. The first-order valence-electron chi connectivity index (χ1n) is 7.28. The molecule has 0 radical (unpaired) electrons. The zero-order valence-corrected chi connectivity index (χ0v) is 13.2. The second kappa shape index (κ2) is 8.66. The van der Waals surface area contributed by atoms with Crippen molar-refractivity contribution < 1.29 is 38.9 Å². The van der Waals surface area contributed by atoms with Crippen molar-refractivity contribution in [2.24, 2.45) is 0 Å². The molecule has 2 N–H and O–H groups in total. The van der Waals surface area contributed by atoms with Crippen LogP contribution in [-0.2, 0) is 19.1 Å². The highest BCUT2D eigenvalue weighted by atomic mass is 16.6. The van der Waals surface area contributed by atoms with Crippen LogP contribution in [-0.4, -0.2) is 46.3 Å². The van der Waals surface area contributed by atoms with E-state index in [0.29, 0.717) is 0 Å². The molecule has 0 aliphatic heterocycles. The maximum Gasteiger partial charge on any atom is 0.345 e. The van der Waals surface area contributed by atoms with Gasteiger partial charge in [0.1, 0.15) is 0 Å². The van der Waals surface area contributed by atoms with Crippen molar-refractivity contribution in [3.05, 3.63) is 35.4 Å². The smallest absolute Gasteiger partial charge is 0.345 e. The molecule has 0 aliphatic carbocycles. The number of carboxylic acid groups (broad SMARTS) is 2. The van der Waals surface area contributed by atoms with Crippen LogP contribution < -0.4 is 0 Å². The van der Waals surface area contributed by atoms with Gasteiger partial charge in [0.15, 0.2) is 12.2 Å². The van der Waals surface area contributed by atoms with Gasteiger partial charge in [-0.1, -0.05) is 26.0 Å². The number of aliphatic carboxylic acids is 2. The first-order chi connectivity index (χ1) is 11.3. The molecule has 8 heteroatoms. The molecule has 0 aromatic heterocycles. The van der Waals surface area contributed by atoms with E-state index in [1.165, 1.54) is 38.1 Å². The van der Waals surface area contributed by atoms with Crippen molar-refractivity contribution in [2.75, 3.05) is 0 Å². The fraction of sp³-hybridized carbons (Fsp3) is 0.375. The predicted molar refractivity (Wildman–Crippen MR) is 80.7 cm³/mol. The average Bonchev–Trinajstić information content (AvgIpc) is 2.56. The Labute approximate surface area is 138 Å². The molecule has 0 bridgehead atoms. The van der Waals surface area contributed by atoms with E-state index in [1.54, 1.807) is 0 Å². The van der Waals surface area contributed by atoms with Gasteiger partial charge in [0.25, 0.3) is 0 Å². The molecule has 0 fully saturated rings. The molecular formula is C16H18O8. The topological polar surface area (TPSA) is 127 Å². The van der Waals surface area contributed by atoms with E-state index in [9.17, 15) is 19.2 Å². The molecule has 0 aliphatic rings. The van der Waals surface area contributed by atoms with Crippen LogP contribution in [0.15, 0.2) is 24.3 Å². The molecule has 130 valence electrons. The van der Waals surface area contributed by atoms with Crippen LogP contribution in [0, 0.1) is 0 Å². The van der Waals surface area contributed by atoms with Crippen LogP contribution in [0.25, 0.3) is 0 Å². The third kappa shape index (κ3) is 4.80. The largest absolute Gasteiger partial charge is 0.479 e. The molecule has 0 spiro atoms. The molecule has 24 heavy (non-hydrogen) atoms. The quantitative estimate of drug-likeness (QED) is 0.686. The van der Waals surface area contributed by atoms with E-state index in [-0.39, 0.29) is 24.0 Å². The maximum absolute atomic E-state index is 12.1. The summed E-state index contributed by atoms with van der Waals surface area (Å²) in [6.45, 7) is 3.07. The number of carbonyl (C=O) groups excluding carboxylic acids is 2. The summed E-state index contributed by atoms with van der Waals surface area (Å²) in [4.78, 5) is 46.1. The number of esters is 2. The lowest BCUT2D eigenvalue weighted by Crippen LogP contribution is -2.29. The van der Waals surface area contributed by atoms with Gasteiger partial charge in [-0.3, -0.25) is 0 Å². The summed E-state index contributed by atoms with van der Waals surface area (Å²) in [5.41, 5.74) is -0.384. The van der Waals surface area contributed by atoms with Gasteiger partial charge in [-0.25, -0.2) is 19.2 Å². The predicted octanol–water partition coefficient (Wildman–Crippen LogP) is 1.73. The summed E-state index contributed by atoms with van der Waals surface area (Å²) in [6.07, 6.45) is -2.57. The third-order valence-corrected chi connectivity index (χ3v) is 3.16. The molecular weight excluding hydrogens is 320 g/mol. The third-order valence-electron chi connectivity index (χ3n) is 3.16. The number of carbonyl (C=O) groups is 4. The Morgan fingerprint density at radius 3 is 1.42 bits per heavy atom. The first-order valence-corrected chi connectivity index (χ1v) is 7.28. The Kier molecular flexibility index (Phi) is 6.91. The molecule has 2 unspecified atom stereocenters. The molecule has 2 atom stereocenters. The standard InChI is InChI=1S/C16H18O8/c1-3-11(13(17)18)23-15(21)9-7-5-6-8-10(9)16(22)24-12(4-2)14(19)20/h5-8,11-12H,3-4H2,1-2H3,(H,17,18)(H,19,20). The fourth-order valence-corrected chi connectivity index (χ4v) is 1.84. The number of benzene rings is 1. The fourth-order valence-electron chi connectivity index (χ4n) is 1.84. The molecule has 0 heterocycles. The van der Waals surface area contributed by atoms with Crippen molar-refractivity contribution in [1.29, 1.82) is 0 Å². The summed E-state index contributed by atoms with van der Waals surface area (Å²) in [7, 11) is 0. The van der Waals surface area contributed by atoms with Crippen molar-refractivity contribution in [3.63, 3.8) is 0 Å². The minimum absolute atomic E-state index is 0.0601. The Hall–Kier alpha value is -2.90. The van der Waals surface area contributed by atoms with Crippen molar-refractivity contribution >= 4 is 23.9 Å². The zero-order valence-electron chi connectivity index (χ0n) is 13.2. The zero-order chi connectivity index (χ0) is 18.3. The highest BCUT2D eigenvalue weighted by Gasteiger charge is 2.27. The van der Waals surface area contributed by atoms with E-state index in [0.717, 1.165) is 0 Å². The maximum atomic E-state index is 12.1. The molecule has 1 rings (SSSR count). The SMILES string of the molecule is CCC(OC(=O)c1ccccc1C(=O)OC(CC)C(=O)O)C(=O)O. The summed E-state index contributed by atoms with van der Waals surface area (Å²) in [5, 5.41) is 17.9. The van der Waals surface area contributed by atoms with Gasteiger partial charge in [0.2, 0.25) is 0 Å². The summed E-state index contributed by atoms with van der Waals surface area (Å²) >= 11 is 0. The minimum atomic E-state index is -1.34. The molecule has 0 saturated heterocycles. The molecule has 8 nitrogen and oxygen atoms in total. The Bertz CT molecular complexity index is 582. The molecule has 1 aromatic rings. The van der Waals surface area contributed by atoms with Crippen molar-refractivity contribution in [3.8, 4) is 0 Å². The van der Waals surface area contributed by atoms with Crippen LogP contribution in [0.3, 0.4) is 0 Å².